The summed E-state index contributed by atoms with van der Waals surface area (Å²) in [4.78, 5) is 21.2. The highest BCUT2D eigenvalue weighted by Gasteiger charge is 2.24. The van der Waals surface area contributed by atoms with Gasteiger partial charge in [0.05, 0.1) is 5.56 Å². The number of aromatic nitrogens is 1. The molecular formula is C21H22N4O. The number of fused-ring (bicyclic) bond motifs is 1. The van der Waals surface area contributed by atoms with Crippen LogP contribution >= 0.6 is 0 Å². The SMILES string of the molecule is N#Cc1cccnc1N1CCN(C(=O)c2ccc3c(c2)CCCC3)CC1. The molecule has 2 aromatic rings. The molecule has 2 heterocycles. The van der Waals surface area contributed by atoms with E-state index in [9.17, 15) is 10.1 Å². The number of benzene rings is 1. The van der Waals surface area contributed by atoms with Gasteiger partial charge in [-0.15, -0.1) is 0 Å². The lowest BCUT2D eigenvalue weighted by molar-refractivity contribution is 0.0746. The average molecular weight is 346 g/mol. The van der Waals surface area contributed by atoms with Crippen molar-refractivity contribution in [1.82, 2.24) is 9.88 Å². The number of nitrogens with zero attached hydrogens (tertiary/aromatic N) is 4. The highest BCUT2D eigenvalue weighted by atomic mass is 16.2. The first-order valence-electron chi connectivity index (χ1n) is 9.27. The van der Waals surface area contributed by atoms with E-state index in [1.54, 1.807) is 18.3 Å². The highest BCUT2D eigenvalue weighted by Crippen LogP contribution is 2.24. The predicted octanol–water partition coefficient (Wildman–Crippen LogP) is 2.79. The molecule has 2 aliphatic rings. The third kappa shape index (κ3) is 3.15. The van der Waals surface area contributed by atoms with Crippen molar-refractivity contribution in [3.05, 3.63) is 58.8 Å². The van der Waals surface area contributed by atoms with Crippen LogP contribution in [0, 0.1) is 11.3 Å². The molecule has 0 N–H and O–H groups in total. The molecule has 1 aliphatic carbocycles. The minimum absolute atomic E-state index is 0.111. The Morgan fingerprint density at radius 2 is 1.81 bits per heavy atom. The molecule has 0 saturated carbocycles. The van der Waals surface area contributed by atoms with Crippen LogP contribution in [0.5, 0.6) is 0 Å². The van der Waals surface area contributed by atoms with Gasteiger partial charge in [0.25, 0.3) is 5.91 Å². The molecule has 26 heavy (non-hydrogen) atoms. The van der Waals surface area contributed by atoms with Gasteiger partial charge in [0.2, 0.25) is 0 Å². The summed E-state index contributed by atoms with van der Waals surface area (Å²) in [6.45, 7) is 2.69. The smallest absolute Gasteiger partial charge is 0.253 e. The molecule has 1 amide bonds. The monoisotopic (exact) mass is 346 g/mol. The van der Waals surface area contributed by atoms with E-state index in [4.69, 9.17) is 0 Å². The molecule has 1 aromatic carbocycles. The van der Waals surface area contributed by atoms with E-state index < -0.39 is 0 Å². The van der Waals surface area contributed by atoms with E-state index in [2.05, 4.69) is 28.1 Å². The topological polar surface area (TPSA) is 60.2 Å². The Bertz CT molecular complexity index is 863. The lowest BCUT2D eigenvalue weighted by Crippen LogP contribution is -2.49. The zero-order chi connectivity index (χ0) is 17.9. The Morgan fingerprint density at radius 1 is 1.04 bits per heavy atom. The molecule has 1 aromatic heterocycles. The van der Waals surface area contributed by atoms with Gasteiger partial charge >= 0.3 is 0 Å². The van der Waals surface area contributed by atoms with E-state index in [0.717, 1.165) is 24.2 Å². The summed E-state index contributed by atoms with van der Waals surface area (Å²) >= 11 is 0. The Balaban J connectivity index is 1.45. The van der Waals surface area contributed by atoms with Crippen LogP contribution in [0.1, 0.15) is 39.9 Å². The Hall–Kier alpha value is -2.87. The fourth-order valence-electron chi connectivity index (χ4n) is 3.91. The maximum atomic E-state index is 12.9. The molecule has 0 bridgehead atoms. The van der Waals surface area contributed by atoms with E-state index in [-0.39, 0.29) is 5.91 Å². The second kappa shape index (κ2) is 7.17. The second-order valence-corrected chi connectivity index (χ2v) is 6.96. The number of amides is 1. The molecule has 5 heteroatoms. The average Bonchev–Trinajstić information content (AvgIpc) is 2.73. The zero-order valence-electron chi connectivity index (χ0n) is 14.8. The number of rotatable bonds is 2. The van der Waals surface area contributed by atoms with Gasteiger partial charge in [0.1, 0.15) is 11.9 Å². The van der Waals surface area contributed by atoms with Gasteiger partial charge in [0.15, 0.2) is 0 Å². The predicted molar refractivity (Wildman–Crippen MR) is 100 cm³/mol. The van der Waals surface area contributed by atoms with Gasteiger partial charge in [-0.3, -0.25) is 4.79 Å². The van der Waals surface area contributed by atoms with E-state index in [1.807, 2.05) is 11.0 Å². The molecule has 4 rings (SSSR count). The first-order valence-corrected chi connectivity index (χ1v) is 9.27. The fourth-order valence-corrected chi connectivity index (χ4v) is 3.91. The minimum atomic E-state index is 0.111. The van der Waals surface area contributed by atoms with Crippen LogP contribution in [0.15, 0.2) is 36.5 Å². The molecule has 0 atom stereocenters. The zero-order valence-corrected chi connectivity index (χ0v) is 14.8. The number of hydrogen-bond acceptors (Lipinski definition) is 4. The first-order chi connectivity index (χ1) is 12.8. The molecule has 0 unspecified atom stereocenters. The van der Waals surface area contributed by atoms with E-state index >= 15 is 0 Å². The number of carbonyl (C=O) groups excluding carboxylic acids is 1. The Kier molecular flexibility index (Phi) is 4.57. The summed E-state index contributed by atoms with van der Waals surface area (Å²) in [7, 11) is 0. The van der Waals surface area contributed by atoms with Gasteiger partial charge in [-0.2, -0.15) is 5.26 Å². The van der Waals surface area contributed by atoms with E-state index in [0.29, 0.717) is 31.7 Å². The summed E-state index contributed by atoms with van der Waals surface area (Å²) < 4.78 is 0. The number of hydrogen-bond donors (Lipinski definition) is 0. The van der Waals surface area contributed by atoms with Crippen LogP contribution in [0.25, 0.3) is 0 Å². The minimum Gasteiger partial charge on any atom is -0.352 e. The maximum Gasteiger partial charge on any atom is 0.253 e. The third-order valence-electron chi connectivity index (χ3n) is 5.37. The lowest BCUT2D eigenvalue weighted by atomic mass is 9.90. The fraction of sp³-hybridized carbons (Fsp3) is 0.381. The van der Waals surface area contributed by atoms with Crippen molar-refractivity contribution < 1.29 is 4.79 Å². The molecule has 0 spiro atoms. The largest absolute Gasteiger partial charge is 0.352 e. The van der Waals surface area contributed by atoms with Crippen LogP contribution in [0.4, 0.5) is 5.82 Å². The van der Waals surface area contributed by atoms with Crippen molar-refractivity contribution >= 4 is 11.7 Å². The van der Waals surface area contributed by atoms with Crippen molar-refractivity contribution in [2.24, 2.45) is 0 Å². The first kappa shape index (κ1) is 16.6. The van der Waals surface area contributed by atoms with Crippen molar-refractivity contribution in [3.8, 4) is 6.07 Å². The van der Waals surface area contributed by atoms with Gasteiger partial charge < -0.3 is 9.80 Å². The van der Waals surface area contributed by atoms with Crippen LogP contribution in [0.2, 0.25) is 0 Å². The van der Waals surface area contributed by atoms with Crippen molar-refractivity contribution in [2.75, 3.05) is 31.1 Å². The van der Waals surface area contributed by atoms with Crippen LogP contribution in [-0.4, -0.2) is 42.0 Å². The summed E-state index contributed by atoms with van der Waals surface area (Å²) in [6.07, 6.45) is 6.39. The van der Waals surface area contributed by atoms with Gasteiger partial charge in [-0.05, 0) is 61.1 Å². The van der Waals surface area contributed by atoms with Crippen molar-refractivity contribution in [1.29, 1.82) is 5.26 Å². The van der Waals surface area contributed by atoms with Gasteiger partial charge in [-0.1, -0.05) is 6.07 Å². The van der Waals surface area contributed by atoms with Crippen molar-refractivity contribution in [3.63, 3.8) is 0 Å². The van der Waals surface area contributed by atoms with Crippen LogP contribution in [0.3, 0.4) is 0 Å². The summed E-state index contributed by atoms with van der Waals surface area (Å²) in [6, 6.07) is 12.0. The normalized spacial score (nSPS) is 16.7. The molecule has 1 fully saturated rings. The van der Waals surface area contributed by atoms with Crippen LogP contribution in [-0.2, 0) is 12.8 Å². The van der Waals surface area contributed by atoms with Gasteiger partial charge in [-0.25, -0.2) is 4.98 Å². The molecule has 5 nitrogen and oxygen atoms in total. The third-order valence-corrected chi connectivity index (χ3v) is 5.37. The maximum absolute atomic E-state index is 12.9. The number of pyridine rings is 1. The number of nitriles is 1. The molecular weight excluding hydrogens is 324 g/mol. The number of anilines is 1. The highest BCUT2D eigenvalue weighted by molar-refractivity contribution is 5.94. The summed E-state index contributed by atoms with van der Waals surface area (Å²) in [5.41, 5.74) is 4.13. The number of aryl methyl sites for hydroxylation is 2. The lowest BCUT2D eigenvalue weighted by Gasteiger charge is -2.35. The molecule has 1 aliphatic heterocycles. The Labute approximate surface area is 153 Å². The number of carbonyl (C=O) groups is 1. The quantitative estimate of drug-likeness (QED) is 0.839. The van der Waals surface area contributed by atoms with Gasteiger partial charge in [0, 0.05) is 37.9 Å². The van der Waals surface area contributed by atoms with Crippen LogP contribution < -0.4 is 4.90 Å². The second-order valence-electron chi connectivity index (χ2n) is 6.96. The summed E-state index contributed by atoms with van der Waals surface area (Å²) in [5, 5.41) is 9.25. The number of piperazine rings is 1. The summed E-state index contributed by atoms with van der Waals surface area (Å²) in [5.74, 6) is 0.829. The molecule has 1 saturated heterocycles. The van der Waals surface area contributed by atoms with Crippen molar-refractivity contribution in [2.45, 2.75) is 25.7 Å². The molecule has 0 radical (unpaired) electrons. The Morgan fingerprint density at radius 3 is 2.58 bits per heavy atom. The standard InChI is InChI=1S/C21H22N4O/c22-15-19-6-3-9-23-20(19)24-10-12-25(13-11-24)21(26)18-8-7-16-4-1-2-5-17(16)14-18/h3,6-9,14H,1-2,4-5,10-13H2. The molecule has 132 valence electrons. The van der Waals surface area contributed by atoms with E-state index in [1.165, 1.54) is 24.0 Å².